The first-order chi connectivity index (χ1) is 23.5. The Kier molecular flexibility index (Phi) is 9.49. The Morgan fingerprint density at radius 1 is 0.796 bits per heavy atom. The van der Waals surface area contributed by atoms with Crippen molar-refractivity contribution in [2.45, 2.75) is 5.92 Å². The fraction of sp³-hybridized carbons (Fsp3) is 0.152. The van der Waals surface area contributed by atoms with E-state index in [4.69, 9.17) is 0 Å². The predicted molar refractivity (Wildman–Crippen MR) is 181 cm³/mol. The average Bonchev–Trinajstić information content (AvgIpc) is 3.78. The molecule has 6 rings (SSSR count). The van der Waals surface area contributed by atoms with Crippen LogP contribution >= 0.6 is 17.2 Å². The number of benzene rings is 3. The highest BCUT2D eigenvalue weighted by molar-refractivity contribution is 7.65. The van der Waals surface area contributed by atoms with Gasteiger partial charge in [-0.1, -0.05) is 30.2 Å². The number of amides is 2. The zero-order valence-electron chi connectivity index (χ0n) is 25.8. The molecule has 2 atom stereocenters. The summed E-state index contributed by atoms with van der Waals surface area (Å²) >= 11 is 0. The molecule has 248 valence electrons. The van der Waals surface area contributed by atoms with E-state index in [-0.39, 0.29) is 52.4 Å². The minimum Gasteiger partial charge on any atom is -0.453 e. The summed E-state index contributed by atoms with van der Waals surface area (Å²) in [7, 11) is 1.74. The predicted octanol–water partition coefficient (Wildman–Crippen LogP) is 3.85. The number of aromatic nitrogens is 4. The van der Waals surface area contributed by atoms with Crippen molar-refractivity contribution in [3.63, 3.8) is 0 Å². The number of ether oxygens (including phenoxy) is 2. The molecule has 16 heteroatoms. The topological polar surface area (TPSA) is 168 Å². The Labute approximate surface area is 280 Å². The third-order valence-electron chi connectivity index (χ3n) is 7.41. The highest BCUT2D eigenvalue weighted by atomic mass is 31.1. The molecule has 0 aliphatic heterocycles. The Bertz CT molecular complexity index is 2210. The number of imidazole rings is 2. The van der Waals surface area contributed by atoms with Crippen LogP contribution in [0.15, 0.2) is 60.8 Å². The van der Waals surface area contributed by atoms with Gasteiger partial charge in [0, 0.05) is 33.9 Å². The summed E-state index contributed by atoms with van der Waals surface area (Å²) in [4.78, 5) is 61.3. The van der Waals surface area contributed by atoms with Gasteiger partial charge in [-0.2, -0.15) is 8.78 Å². The molecule has 5 aromatic rings. The van der Waals surface area contributed by atoms with Crippen molar-refractivity contribution in [1.82, 2.24) is 30.6 Å². The van der Waals surface area contributed by atoms with Crippen molar-refractivity contribution in [2.75, 3.05) is 27.3 Å². The summed E-state index contributed by atoms with van der Waals surface area (Å²) in [6.45, 7) is -0.397. The van der Waals surface area contributed by atoms with Gasteiger partial charge in [-0.15, -0.1) is 0 Å². The SMILES string of the molecule is COC(=O)NCC(=O)Pc1ncc(C#Cc2ccc3c(c2)C(F)(F)c2cc(-c4ccc5nc(PC(=O)CNC(=O)OC)[nH]c5c4)ccc2-3)[nH]1. The van der Waals surface area contributed by atoms with Crippen molar-refractivity contribution in [3.05, 3.63) is 83.2 Å². The zero-order chi connectivity index (χ0) is 34.7. The summed E-state index contributed by atoms with van der Waals surface area (Å²) in [6.07, 6.45) is 0.0310. The van der Waals surface area contributed by atoms with Crippen LogP contribution in [0.2, 0.25) is 0 Å². The Morgan fingerprint density at radius 3 is 2.10 bits per heavy atom. The third-order valence-corrected chi connectivity index (χ3v) is 9.29. The lowest BCUT2D eigenvalue weighted by Gasteiger charge is -2.13. The first-order valence-corrected chi connectivity index (χ1v) is 16.5. The molecule has 1 aliphatic carbocycles. The number of methoxy groups -OCH3 is 2. The van der Waals surface area contributed by atoms with Crippen LogP contribution in [0.25, 0.3) is 33.3 Å². The summed E-state index contributed by atoms with van der Waals surface area (Å²) in [5, 5.41) is 4.65. The number of hydrogen-bond acceptors (Lipinski definition) is 8. The molecule has 4 N–H and O–H groups in total. The standard InChI is InChI=1S/C33H26F2N6O6P2/c1-46-31(44)37-15-27(42)48-29-36-14-20(39-29)7-3-17-4-8-21-22-9-5-18(12-24(22)33(34,35)23(21)11-17)19-6-10-25-26(13-19)41-30(40-25)49-28(43)16-38-32(45)47-2/h4-6,8-14,48-49H,15-16H2,1-2H3,(H,36,39)(H,37,44)(H,38,45)(H,40,41). The maximum Gasteiger partial charge on any atom is 0.407 e. The maximum absolute atomic E-state index is 15.9. The molecule has 0 fully saturated rings. The van der Waals surface area contributed by atoms with Gasteiger partial charge in [0.1, 0.15) is 16.8 Å². The lowest BCUT2D eigenvalue weighted by atomic mass is 9.98. The van der Waals surface area contributed by atoms with Crippen molar-refractivity contribution >= 4 is 62.6 Å². The van der Waals surface area contributed by atoms with Gasteiger partial charge < -0.3 is 30.1 Å². The fourth-order valence-corrected chi connectivity index (χ4v) is 6.70. The van der Waals surface area contributed by atoms with Gasteiger partial charge in [-0.05, 0) is 58.5 Å². The van der Waals surface area contributed by atoms with Crippen LogP contribution in [0.4, 0.5) is 18.4 Å². The van der Waals surface area contributed by atoms with E-state index in [1.807, 2.05) is 0 Å². The molecule has 0 bridgehead atoms. The molecule has 0 saturated carbocycles. The molecule has 3 aromatic carbocycles. The van der Waals surface area contributed by atoms with Gasteiger partial charge in [0.05, 0.1) is 44.5 Å². The molecule has 1 aliphatic rings. The van der Waals surface area contributed by atoms with E-state index < -0.39 is 18.1 Å². The molecule has 2 unspecified atom stereocenters. The summed E-state index contributed by atoms with van der Waals surface area (Å²) < 4.78 is 40.8. The number of hydrogen-bond donors (Lipinski definition) is 4. The molecular weight excluding hydrogens is 676 g/mol. The number of carbonyl (C=O) groups is 4. The molecule has 2 heterocycles. The highest BCUT2D eigenvalue weighted by Crippen LogP contribution is 2.52. The number of nitrogens with zero attached hydrogens (tertiary/aromatic N) is 2. The van der Waals surface area contributed by atoms with Crippen LogP contribution in [0, 0.1) is 11.8 Å². The number of alkyl carbamates (subject to hydrolysis) is 2. The second-order valence-electron chi connectivity index (χ2n) is 10.6. The number of carbonyl (C=O) groups excluding carboxylic acids is 4. The zero-order valence-corrected chi connectivity index (χ0v) is 27.8. The van der Waals surface area contributed by atoms with Gasteiger partial charge in [-0.3, -0.25) is 9.59 Å². The molecule has 0 radical (unpaired) electrons. The van der Waals surface area contributed by atoms with Crippen LogP contribution in [0.3, 0.4) is 0 Å². The van der Waals surface area contributed by atoms with Crippen molar-refractivity contribution in [3.8, 4) is 34.1 Å². The van der Waals surface area contributed by atoms with Crippen molar-refractivity contribution < 1.29 is 37.4 Å². The molecule has 49 heavy (non-hydrogen) atoms. The number of aromatic amines is 2. The first kappa shape index (κ1) is 33.4. The third kappa shape index (κ3) is 7.33. The number of alkyl halides is 2. The summed E-state index contributed by atoms with van der Waals surface area (Å²) in [5.41, 5.74) is 4.18. The van der Waals surface area contributed by atoms with Gasteiger partial charge in [0.15, 0.2) is 11.0 Å². The van der Waals surface area contributed by atoms with E-state index in [1.54, 1.807) is 42.5 Å². The van der Waals surface area contributed by atoms with Gasteiger partial charge in [0.2, 0.25) is 0 Å². The smallest absolute Gasteiger partial charge is 0.407 e. The van der Waals surface area contributed by atoms with Crippen molar-refractivity contribution in [1.29, 1.82) is 0 Å². The molecule has 2 aromatic heterocycles. The van der Waals surface area contributed by atoms with Crippen LogP contribution in [0.1, 0.15) is 22.4 Å². The highest BCUT2D eigenvalue weighted by Gasteiger charge is 2.44. The molecular formula is C33H26F2N6O6P2. The molecule has 0 spiro atoms. The van der Waals surface area contributed by atoms with Gasteiger partial charge in [0.25, 0.3) is 5.92 Å². The quantitative estimate of drug-likeness (QED) is 0.133. The fourth-order valence-electron chi connectivity index (χ4n) is 5.12. The number of nitrogens with one attached hydrogen (secondary N) is 4. The minimum absolute atomic E-state index is 0.119. The van der Waals surface area contributed by atoms with Crippen LogP contribution in [-0.2, 0) is 25.0 Å². The largest absolute Gasteiger partial charge is 0.453 e. The maximum atomic E-state index is 15.9. The average molecular weight is 703 g/mol. The Balaban J connectivity index is 1.17. The van der Waals surface area contributed by atoms with E-state index in [9.17, 15) is 19.2 Å². The van der Waals surface area contributed by atoms with E-state index in [1.165, 1.54) is 32.5 Å². The van der Waals surface area contributed by atoms with E-state index in [0.717, 1.165) is 0 Å². The van der Waals surface area contributed by atoms with Gasteiger partial charge in [-0.25, -0.2) is 19.6 Å². The normalized spacial score (nSPS) is 12.8. The summed E-state index contributed by atoms with van der Waals surface area (Å²) in [5.74, 6) is 2.48. The summed E-state index contributed by atoms with van der Waals surface area (Å²) in [6, 6.07) is 15.0. The van der Waals surface area contributed by atoms with Crippen LogP contribution in [0.5, 0.6) is 0 Å². The molecule has 12 nitrogen and oxygen atoms in total. The second kappa shape index (κ2) is 13.9. The number of rotatable bonds is 9. The molecule has 0 saturated heterocycles. The van der Waals surface area contributed by atoms with E-state index in [2.05, 4.69) is 51.9 Å². The lowest BCUT2D eigenvalue weighted by Crippen LogP contribution is -2.28. The first-order valence-electron chi connectivity index (χ1n) is 14.5. The Morgan fingerprint density at radius 2 is 1.41 bits per heavy atom. The Hall–Kier alpha value is -5.50. The number of H-pyrrole nitrogens is 2. The molecule has 2 amide bonds. The van der Waals surface area contributed by atoms with Crippen LogP contribution in [-0.4, -0.2) is 70.5 Å². The van der Waals surface area contributed by atoms with E-state index >= 15 is 8.78 Å². The minimum atomic E-state index is -3.27. The lowest BCUT2D eigenvalue weighted by molar-refractivity contribution is -0.111. The second-order valence-corrected chi connectivity index (χ2v) is 13.2. The van der Waals surface area contributed by atoms with Gasteiger partial charge >= 0.3 is 12.2 Å². The van der Waals surface area contributed by atoms with Crippen molar-refractivity contribution in [2.24, 2.45) is 0 Å². The monoisotopic (exact) mass is 702 g/mol. The van der Waals surface area contributed by atoms with Crippen LogP contribution < -0.4 is 21.8 Å². The van der Waals surface area contributed by atoms with E-state index in [0.29, 0.717) is 55.7 Å². The number of fused-ring (bicyclic) bond motifs is 4. The number of halogens is 2.